The molecule has 20 heavy (non-hydrogen) atoms. The number of hydrogen-bond acceptors (Lipinski definition) is 4. The van der Waals surface area contributed by atoms with Gasteiger partial charge in [0.2, 0.25) is 5.91 Å². The molecule has 0 unspecified atom stereocenters. The third-order valence-electron chi connectivity index (χ3n) is 2.87. The second kappa shape index (κ2) is 5.62. The van der Waals surface area contributed by atoms with Gasteiger partial charge in [0.05, 0.1) is 6.04 Å². The highest BCUT2D eigenvalue weighted by Crippen LogP contribution is 2.42. The lowest BCUT2D eigenvalue weighted by molar-refractivity contribution is -0.286. The van der Waals surface area contributed by atoms with E-state index >= 15 is 0 Å². The van der Waals surface area contributed by atoms with E-state index in [1.165, 1.54) is 18.2 Å². The van der Waals surface area contributed by atoms with Crippen LogP contribution in [0.4, 0.5) is 14.5 Å². The molecule has 1 atom stereocenters. The molecule has 2 rings (SSSR count). The summed E-state index contributed by atoms with van der Waals surface area (Å²) in [4.78, 5) is 11.8. The fraction of sp³-hybridized carbons (Fsp3) is 0.462. The molecule has 1 amide bonds. The van der Waals surface area contributed by atoms with E-state index in [9.17, 15) is 13.6 Å². The Bertz CT molecular complexity index is 508. The normalized spacial score (nSPS) is 16.8. The molecule has 0 spiro atoms. The van der Waals surface area contributed by atoms with E-state index in [-0.39, 0.29) is 17.4 Å². The van der Waals surface area contributed by atoms with E-state index < -0.39 is 12.3 Å². The summed E-state index contributed by atoms with van der Waals surface area (Å²) in [6.45, 7) is 2.00. The fourth-order valence-electron chi connectivity index (χ4n) is 1.82. The van der Waals surface area contributed by atoms with E-state index in [0.29, 0.717) is 12.1 Å². The maximum atomic E-state index is 12.8. The maximum absolute atomic E-state index is 12.8. The Balaban J connectivity index is 2.00. The minimum Gasteiger partial charge on any atom is -0.395 e. The molecule has 1 aliphatic heterocycles. The molecule has 5 nitrogen and oxygen atoms in total. The van der Waals surface area contributed by atoms with Gasteiger partial charge < -0.3 is 20.5 Å². The van der Waals surface area contributed by atoms with Crippen LogP contribution < -0.4 is 20.5 Å². The molecule has 0 saturated heterocycles. The van der Waals surface area contributed by atoms with Gasteiger partial charge in [-0.25, -0.2) is 0 Å². The van der Waals surface area contributed by atoms with Crippen molar-refractivity contribution < 1.29 is 23.0 Å². The number of carbonyl (C=O) groups is 1. The number of benzene rings is 1. The lowest BCUT2D eigenvalue weighted by atomic mass is 10.1. The predicted molar refractivity (Wildman–Crippen MR) is 68.8 cm³/mol. The number of rotatable bonds is 5. The molecular formula is C13H16F2N2O3. The van der Waals surface area contributed by atoms with Crippen molar-refractivity contribution in [2.45, 2.75) is 38.5 Å². The summed E-state index contributed by atoms with van der Waals surface area (Å²) in [7, 11) is 0. The molecule has 1 aromatic rings. The molecule has 1 heterocycles. The molecule has 1 aromatic carbocycles. The molecule has 1 aliphatic rings. The van der Waals surface area contributed by atoms with Gasteiger partial charge in [-0.15, -0.1) is 8.78 Å². The predicted octanol–water partition coefficient (Wildman–Crippen LogP) is 2.46. The second-order valence-corrected chi connectivity index (χ2v) is 4.57. The average molecular weight is 286 g/mol. The van der Waals surface area contributed by atoms with Crippen LogP contribution in [0.2, 0.25) is 0 Å². The zero-order valence-corrected chi connectivity index (χ0v) is 11.0. The van der Waals surface area contributed by atoms with E-state index in [1.807, 2.05) is 6.92 Å². The van der Waals surface area contributed by atoms with E-state index in [0.717, 1.165) is 12.8 Å². The van der Waals surface area contributed by atoms with E-state index in [1.54, 1.807) is 0 Å². The van der Waals surface area contributed by atoms with Crippen molar-refractivity contribution in [3.63, 3.8) is 0 Å². The van der Waals surface area contributed by atoms with Gasteiger partial charge in [-0.2, -0.15) is 0 Å². The Kier molecular flexibility index (Phi) is 4.08. The standard InChI is InChI=1S/C13H16F2N2O3/c1-2-3-4-9(16)12(18)17-8-5-6-10-11(7-8)20-13(14,15)19-10/h5-7,9H,2-4,16H2,1H3,(H,17,18)/t9-/m0/s1. The largest absolute Gasteiger partial charge is 0.586 e. The summed E-state index contributed by atoms with van der Waals surface area (Å²) in [6, 6.07) is 3.42. The number of amides is 1. The highest BCUT2D eigenvalue weighted by molar-refractivity contribution is 5.94. The molecule has 3 N–H and O–H groups in total. The van der Waals surface area contributed by atoms with Gasteiger partial charge in [0.1, 0.15) is 0 Å². The van der Waals surface area contributed by atoms with Gasteiger partial charge in [0, 0.05) is 11.8 Å². The molecule has 0 aromatic heterocycles. The van der Waals surface area contributed by atoms with Crippen LogP contribution in [0, 0.1) is 0 Å². The third kappa shape index (κ3) is 3.36. The summed E-state index contributed by atoms with van der Waals surface area (Å²) in [5.74, 6) is -0.540. The summed E-state index contributed by atoms with van der Waals surface area (Å²) in [5, 5.41) is 2.56. The molecular weight excluding hydrogens is 270 g/mol. The number of fused-ring (bicyclic) bond motifs is 1. The van der Waals surface area contributed by atoms with Crippen LogP contribution >= 0.6 is 0 Å². The first kappa shape index (κ1) is 14.5. The van der Waals surface area contributed by atoms with Crippen LogP contribution in [0.5, 0.6) is 11.5 Å². The Morgan fingerprint density at radius 1 is 1.40 bits per heavy atom. The highest BCUT2D eigenvalue weighted by atomic mass is 19.3. The van der Waals surface area contributed by atoms with Crippen molar-refractivity contribution in [2.24, 2.45) is 5.73 Å². The van der Waals surface area contributed by atoms with Crippen molar-refractivity contribution >= 4 is 11.6 Å². The van der Waals surface area contributed by atoms with Gasteiger partial charge in [-0.05, 0) is 18.6 Å². The first-order chi connectivity index (χ1) is 9.41. The smallest absolute Gasteiger partial charge is 0.395 e. The first-order valence-corrected chi connectivity index (χ1v) is 6.37. The number of hydrogen-bond donors (Lipinski definition) is 2. The molecule has 0 fully saturated rings. The van der Waals surface area contributed by atoms with E-state index in [4.69, 9.17) is 5.73 Å². The number of ether oxygens (including phenoxy) is 2. The van der Waals surface area contributed by atoms with Gasteiger partial charge in [0.15, 0.2) is 11.5 Å². The lowest BCUT2D eigenvalue weighted by Gasteiger charge is -2.11. The van der Waals surface area contributed by atoms with Crippen molar-refractivity contribution in [2.75, 3.05) is 5.32 Å². The van der Waals surface area contributed by atoms with Crippen LogP contribution in [0.3, 0.4) is 0 Å². The Morgan fingerprint density at radius 3 is 2.80 bits per heavy atom. The minimum absolute atomic E-state index is 0.0664. The zero-order chi connectivity index (χ0) is 14.8. The number of unbranched alkanes of at least 4 members (excludes halogenated alkanes) is 1. The maximum Gasteiger partial charge on any atom is 0.586 e. The number of nitrogens with two attached hydrogens (primary N) is 1. The van der Waals surface area contributed by atoms with Crippen LogP contribution in [0.25, 0.3) is 0 Å². The Labute approximate surface area is 115 Å². The summed E-state index contributed by atoms with van der Waals surface area (Å²) in [6.07, 6.45) is -1.30. The molecule has 0 aliphatic carbocycles. The fourth-order valence-corrected chi connectivity index (χ4v) is 1.82. The average Bonchev–Trinajstić information content (AvgIpc) is 2.68. The van der Waals surface area contributed by atoms with Crippen molar-refractivity contribution in [1.29, 1.82) is 0 Å². The molecule has 7 heteroatoms. The SMILES string of the molecule is CCCC[C@H](N)C(=O)Nc1ccc2c(c1)OC(F)(F)O2. The lowest BCUT2D eigenvalue weighted by Crippen LogP contribution is -2.35. The van der Waals surface area contributed by atoms with Crippen molar-refractivity contribution in [1.82, 2.24) is 0 Å². The van der Waals surface area contributed by atoms with Crippen LogP contribution in [-0.4, -0.2) is 18.2 Å². The number of alkyl halides is 2. The van der Waals surface area contributed by atoms with Gasteiger partial charge in [-0.3, -0.25) is 4.79 Å². The molecule has 0 radical (unpaired) electrons. The van der Waals surface area contributed by atoms with Crippen molar-refractivity contribution in [3.8, 4) is 11.5 Å². The van der Waals surface area contributed by atoms with Crippen LogP contribution in [0.1, 0.15) is 26.2 Å². The first-order valence-electron chi connectivity index (χ1n) is 6.37. The summed E-state index contributed by atoms with van der Waals surface area (Å²) >= 11 is 0. The van der Waals surface area contributed by atoms with Gasteiger partial charge >= 0.3 is 6.29 Å². The number of anilines is 1. The Hall–Kier alpha value is -1.89. The quantitative estimate of drug-likeness (QED) is 0.872. The van der Waals surface area contributed by atoms with Gasteiger partial charge in [0.25, 0.3) is 0 Å². The summed E-state index contributed by atoms with van der Waals surface area (Å²) < 4.78 is 34.3. The topological polar surface area (TPSA) is 73.6 Å². The number of carbonyl (C=O) groups excluding carboxylic acids is 1. The van der Waals surface area contributed by atoms with Gasteiger partial charge in [-0.1, -0.05) is 19.8 Å². The van der Waals surface area contributed by atoms with E-state index in [2.05, 4.69) is 14.8 Å². The second-order valence-electron chi connectivity index (χ2n) is 4.57. The summed E-state index contributed by atoms with van der Waals surface area (Å²) in [5.41, 5.74) is 6.05. The van der Waals surface area contributed by atoms with Crippen LogP contribution in [0.15, 0.2) is 18.2 Å². The molecule has 0 saturated carbocycles. The third-order valence-corrected chi connectivity index (χ3v) is 2.87. The number of nitrogens with one attached hydrogen (secondary N) is 1. The zero-order valence-electron chi connectivity index (χ0n) is 11.0. The molecule has 0 bridgehead atoms. The monoisotopic (exact) mass is 286 g/mol. The minimum atomic E-state index is -3.66. The molecule has 110 valence electrons. The van der Waals surface area contributed by atoms with Crippen molar-refractivity contribution in [3.05, 3.63) is 18.2 Å². The highest BCUT2D eigenvalue weighted by Gasteiger charge is 2.43. The van der Waals surface area contributed by atoms with Crippen LogP contribution in [-0.2, 0) is 4.79 Å². The number of halogens is 2. The Morgan fingerprint density at radius 2 is 2.10 bits per heavy atom.